The number of rotatable bonds is 8. The quantitative estimate of drug-likeness (QED) is 0.718. The second-order valence-corrected chi connectivity index (χ2v) is 4.77. The van der Waals surface area contributed by atoms with E-state index >= 15 is 0 Å². The van der Waals surface area contributed by atoms with Crippen molar-refractivity contribution in [2.24, 2.45) is 0 Å². The minimum atomic E-state index is -0.282. The Kier molecular flexibility index (Phi) is 6.87. The van der Waals surface area contributed by atoms with Gasteiger partial charge in [-0.3, -0.25) is 4.79 Å². The topological polar surface area (TPSA) is 67.8 Å². The monoisotopic (exact) mass is 281 g/mol. The predicted octanol–water partition coefficient (Wildman–Crippen LogP) is 2.34. The number of carbonyl (C=O) groups excluding carboxylic acids is 1. The van der Waals surface area contributed by atoms with Gasteiger partial charge >= 0.3 is 0 Å². The maximum absolute atomic E-state index is 11.9. The van der Waals surface area contributed by atoms with E-state index < -0.39 is 0 Å². The summed E-state index contributed by atoms with van der Waals surface area (Å²) in [5.41, 5.74) is 0.254. The lowest BCUT2D eigenvalue weighted by molar-refractivity contribution is 0.0754. The summed E-state index contributed by atoms with van der Waals surface area (Å²) in [5, 5.41) is 12.5. The standard InChI is InChI=1S/C15H23NO4/c1-11(2)20-9-5-4-8-16-15(18)13-7-6-12(19-3)10-14(13)17/h6-7,10-11,17H,4-5,8-9H2,1-3H3,(H,16,18). The third-order valence-corrected chi connectivity index (χ3v) is 2.76. The van der Waals surface area contributed by atoms with Crippen LogP contribution in [0.25, 0.3) is 0 Å². The van der Waals surface area contributed by atoms with Crippen LogP contribution in [0.4, 0.5) is 0 Å². The molecule has 1 rings (SSSR count). The third-order valence-electron chi connectivity index (χ3n) is 2.76. The van der Waals surface area contributed by atoms with Crippen LogP contribution < -0.4 is 10.1 Å². The van der Waals surface area contributed by atoms with E-state index in [9.17, 15) is 9.90 Å². The second kappa shape index (κ2) is 8.43. The molecule has 0 fully saturated rings. The molecule has 5 nitrogen and oxygen atoms in total. The molecule has 20 heavy (non-hydrogen) atoms. The summed E-state index contributed by atoms with van der Waals surface area (Å²) in [4.78, 5) is 11.9. The zero-order chi connectivity index (χ0) is 15.0. The first-order chi connectivity index (χ1) is 9.54. The largest absolute Gasteiger partial charge is 0.507 e. The lowest BCUT2D eigenvalue weighted by Crippen LogP contribution is -2.24. The average molecular weight is 281 g/mol. The second-order valence-electron chi connectivity index (χ2n) is 4.77. The van der Waals surface area contributed by atoms with Gasteiger partial charge in [0.15, 0.2) is 0 Å². The summed E-state index contributed by atoms with van der Waals surface area (Å²) >= 11 is 0. The first-order valence-corrected chi connectivity index (χ1v) is 6.81. The molecular weight excluding hydrogens is 258 g/mol. The van der Waals surface area contributed by atoms with Crippen LogP contribution in [0.1, 0.15) is 37.0 Å². The zero-order valence-corrected chi connectivity index (χ0v) is 12.3. The van der Waals surface area contributed by atoms with E-state index in [-0.39, 0.29) is 23.3 Å². The molecule has 1 aromatic carbocycles. The van der Waals surface area contributed by atoms with Gasteiger partial charge in [0.2, 0.25) is 0 Å². The molecule has 0 aliphatic carbocycles. The fourth-order valence-electron chi connectivity index (χ4n) is 1.67. The maximum atomic E-state index is 11.9. The Morgan fingerprint density at radius 3 is 2.70 bits per heavy atom. The molecule has 0 atom stereocenters. The number of phenolic OH excluding ortho intramolecular Hbond substituents is 1. The Morgan fingerprint density at radius 2 is 2.10 bits per heavy atom. The Labute approximate surface area is 119 Å². The van der Waals surface area contributed by atoms with Crippen molar-refractivity contribution in [2.45, 2.75) is 32.8 Å². The fraction of sp³-hybridized carbons (Fsp3) is 0.533. The Bertz CT molecular complexity index is 432. The number of hydrogen-bond donors (Lipinski definition) is 2. The first kappa shape index (κ1) is 16.3. The van der Waals surface area contributed by atoms with Gasteiger partial charge in [-0.1, -0.05) is 0 Å². The van der Waals surface area contributed by atoms with Gasteiger partial charge in [0, 0.05) is 19.2 Å². The van der Waals surface area contributed by atoms with E-state index in [1.165, 1.54) is 13.2 Å². The minimum absolute atomic E-state index is 0.0787. The van der Waals surface area contributed by atoms with E-state index in [4.69, 9.17) is 9.47 Å². The lowest BCUT2D eigenvalue weighted by Gasteiger charge is -2.09. The summed E-state index contributed by atoms with van der Waals surface area (Å²) < 4.78 is 10.4. The van der Waals surface area contributed by atoms with Crippen LogP contribution in [0.5, 0.6) is 11.5 Å². The molecule has 0 aliphatic rings. The van der Waals surface area contributed by atoms with Crippen molar-refractivity contribution < 1.29 is 19.4 Å². The molecule has 5 heteroatoms. The number of amides is 1. The van der Waals surface area contributed by atoms with Gasteiger partial charge < -0.3 is 19.9 Å². The number of nitrogens with one attached hydrogen (secondary N) is 1. The minimum Gasteiger partial charge on any atom is -0.507 e. The SMILES string of the molecule is COc1ccc(C(=O)NCCCCOC(C)C)c(O)c1. The van der Waals surface area contributed by atoms with Gasteiger partial charge in [-0.2, -0.15) is 0 Å². The summed E-state index contributed by atoms with van der Waals surface area (Å²) in [6.45, 7) is 5.25. The number of unbranched alkanes of at least 4 members (excludes halogenated alkanes) is 1. The molecule has 0 saturated carbocycles. The molecule has 1 aromatic rings. The lowest BCUT2D eigenvalue weighted by atomic mass is 10.1. The van der Waals surface area contributed by atoms with Crippen LogP contribution in [-0.4, -0.2) is 37.4 Å². The van der Waals surface area contributed by atoms with E-state index in [1.807, 2.05) is 13.8 Å². The van der Waals surface area contributed by atoms with Gasteiger partial charge in [-0.05, 0) is 38.8 Å². The molecule has 1 amide bonds. The summed E-state index contributed by atoms with van der Waals surface area (Å²) in [6, 6.07) is 4.61. The smallest absolute Gasteiger partial charge is 0.255 e. The fourth-order valence-corrected chi connectivity index (χ4v) is 1.67. The number of carbonyl (C=O) groups is 1. The van der Waals surface area contributed by atoms with Gasteiger partial charge in [0.1, 0.15) is 11.5 Å². The number of benzene rings is 1. The number of methoxy groups -OCH3 is 1. The summed E-state index contributed by atoms with van der Waals surface area (Å²) in [7, 11) is 1.51. The van der Waals surface area contributed by atoms with Crippen molar-refractivity contribution >= 4 is 5.91 Å². The van der Waals surface area contributed by atoms with E-state index in [1.54, 1.807) is 12.1 Å². The normalized spacial score (nSPS) is 10.6. The molecular formula is C15H23NO4. The van der Waals surface area contributed by atoms with Gasteiger partial charge in [-0.25, -0.2) is 0 Å². The highest BCUT2D eigenvalue weighted by atomic mass is 16.5. The number of aromatic hydroxyl groups is 1. The molecule has 0 unspecified atom stereocenters. The third kappa shape index (κ3) is 5.48. The van der Waals surface area contributed by atoms with Gasteiger partial charge in [-0.15, -0.1) is 0 Å². The zero-order valence-electron chi connectivity index (χ0n) is 12.3. The number of hydrogen-bond acceptors (Lipinski definition) is 4. The molecule has 0 bridgehead atoms. The average Bonchev–Trinajstić information content (AvgIpc) is 2.41. The van der Waals surface area contributed by atoms with Crippen LogP contribution in [-0.2, 0) is 4.74 Å². The van der Waals surface area contributed by atoms with Crippen LogP contribution in [0.15, 0.2) is 18.2 Å². The molecule has 0 saturated heterocycles. The molecule has 0 spiro atoms. The number of phenols is 1. The van der Waals surface area contributed by atoms with Crippen LogP contribution in [0.2, 0.25) is 0 Å². The Hall–Kier alpha value is -1.75. The van der Waals surface area contributed by atoms with Crippen molar-refractivity contribution in [3.8, 4) is 11.5 Å². The number of ether oxygens (including phenoxy) is 2. The molecule has 0 aromatic heterocycles. The van der Waals surface area contributed by atoms with Crippen molar-refractivity contribution in [2.75, 3.05) is 20.3 Å². The van der Waals surface area contributed by atoms with E-state index in [0.717, 1.165) is 12.8 Å². The molecule has 2 N–H and O–H groups in total. The Balaban J connectivity index is 2.32. The van der Waals surface area contributed by atoms with Gasteiger partial charge in [0.25, 0.3) is 5.91 Å². The van der Waals surface area contributed by atoms with Gasteiger partial charge in [0.05, 0.1) is 18.8 Å². The van der Waals surface area contributed by atoms with Crippen molar-refractivity contribution in [3.63, 3.8) is 0 Å². The molecule has 0 aliphatic heterocycles. The van der Waals surface area contributed by atoms with E-state index in [2.05, 4.69) is 5.32 Å². The van der Waals surface area contributed by atoms with Crippen LogP contribution >= 0.6 is 0 Å². The van der Waals surface area contributed by atoms with Crippen molar-refractivity contribution in [3.05, 3.63) is 23.8 Å². The Morgan fingerprint density at radius 1 is 1.35 bits per heavy atom. The molecule has 112 valence electrons. The first-order valence-electron chi connectivity index (χ1n) is 6.81. The van der Waals surface area contributed by atoms with E-state index in [0.29, 0.717) is 18.9 Å². The highest BCUT2D eigenvalue weighted by molar-refractivity contribution is 5.96. The summed E-state index contributed by atoms with van der Waals surface area (Å²) in [5.74, 6) is 0.157. The molecule has 0 heterocycles. The predicted molar refractivity (Wildman–Crippen MR) is 77.3 cm³/mol. The maximum Gasteiger partial charge on any atom is 0.255 e. The highest BCUT2D eigenvalue weighted by Gasteiger charge is 2.11. The van der Waals surface area contributed by atoms with Crippen LogP contribution in [0.3, 0.4) is 0 Å². The van der Waals surface area contributed by atoms with Crippen LogP contribution in [0, 0.1) is 0 Å². The highest BCUT2D eigenvalue weighted by Crippen LogP contribution is 2.23. The molecule has 0 radical (unpaired) electrons. The summed E-state index contributed by atoms with van der Waals surface area (Å²) in [6.07, 6.45) is 1.98. The van der Waals surface area contributed by atoms with Crippen molar-refractivity contribution in [1.82, 2.24) is 5.32 Å². The van der Waals surface area contributed by atoms with Crippen molar-refractivity contribution in [1.29, 1.82) is 0 Å².